The molecule has 5 heteroatoms. The first kappa shape index (κ1) is 15.2. The lowest BCUT2D eigenvalue weighted by Gasteiger charge is -2.17. The van der Waals surface area contributed by atoms with Crippen molar-refractivity contribution >= 4 is 11.7 Å². The van der Waals surface area contributed by atoms with Gasteiger partial charge in [0.25, 0.3) is 0 Å². The Kier molecular flexibility index (Phi) is 6.02. The van der Waals surface area contributed by atoms with Crippen molar-refractivity contribution in [1.82, 2.24) is 4.90 Å². The van der Waals surface area contributed by atoms with Crippen LogP contribution >= 0.6 is 0 Å². The second-order valence-corrected chi connectivity index (χ2v) is 4.15. The molecule has 5 nitrogen and oxygen atoms in total. The lowest BCUT2D eigenvalue weighted by molar-refractivity contribution is -0.118. The fourth-order valence-electron chi connectivity index (χ4n) is 1.70. The maximum absolute atomic E-state index is 12.0. The molecule has 0 fully saturated rings. The van der Waals surface area contributed by atoms with Crippen LogP contribution in [-0.4, -0.2) is 42.8 Å². The molecule has 1 aromatic carbocycles. The minimum atomic E-state index is -0.429. The Labute approximate surface area is 113 Å². The molecule has 0 spiro atoms. The van der Waals surface area contributed by atoms with Gasteiger partial charge in [-0.1, -0.05) is 6.92 Å². The van der Waals surface area contributed by atoms with Gasteiger partial charge in [0.1, 0.15) is 5.75 Å². The predicted molar refractivity (Wildman–Crippen MR) is 73.2 cm³/mol. The van der Waals surface area contributed by atoms with Gasteiger partial charge in [0.2, 0.25) is 5.91 Å². The van der Waals surface area contributed by atoms with Gasteiger partial charge in [0, 0.05) is 5.56 Å². The fourth-order valence-corrected chi connectivity index (χ4v) is 1.70. The van der Waals surface area contributed by atoms with E-state index >= 15 is 0 Å². The number of hydrogen-bond acceptors (Lipinski definition) is 4. The number of carbonyl (C=O) groups excluding carboxylic acids is 2. The molecule has 0 unspecified atom stereocenters. The third-order valence-electron chi connectivity index (χ3n) is 2.68. The van der Waals surface area contributed by atoms with Crippen molar-refractivity contribution in [2.24, 2.45) is 5.73 Å². The van der Waals surface area contributed by atoms with E-state index in [0.717, 1.165) is 5.75 Å². The average molecular weight is 264 g/mol. The highest BCUT2D eigenvalue weighted by Crippen LogP contribution is 2.12. The first-order chi connectivity index (χ1) is 9.06. The highest BCUT2D eigenvalue weighted by atomic mass is 16.5. The number of amides is 1. The molecule has 0 bridgehead atoms. The zero-order valence-electron chi connectivity index (χ0n) is 11.4. The number of ketones is 1. The van der Waals surface area contributed by atoms with E-state index < -0.39 is 5.91 Å². The number of ether oxygens (including phenoxy) is 1. The molecule has 1 rings (SSSR count). The molecule has 0 aliphatic rings. The molecule has 0 heterocycles. The van der Waals surface area contributed by atoms with Crippen LogP contribution in [0.5, 0.6) is 5.75 Å². The van der Waals surface area contributed by atoms with Crippen molar-refractivity contribution in [3.05, 3.63) is 29.8 Å². The molecule has 0 aromatic heterocycles. The van der Waals surface area contributed by atoms with Crippen LogP contribution in [0.15, 0.2) is 24.3 Å². The van der Waals surface area contributed by atoms with Gasteiger partial charge in [0.15, 0.2) is 5.78 Å². The summed E-state index contributed by atoms with van der Waals surface area (Å²) >= 11 is 0. The highest BCUT2D eigenvalue weighted by molar-refractivity contribution is 5.97. The Balaban J connectivity index is 2.63. The van der Waals surface area contributed by atoms with E-state index in [0.29, 0.717) is 18.7 Å². The minimum absolute atomic E-state index is 0.0360. The Morgan fingerprint density at radius 2 is 1.79 bits per heavy atom. The lowest BCUT2D eigenvalue weighted by atomic mass is 10.1. The minimum Gasteiger partial charge on any atom is -0.494 e. The van der Waals surface area contributed by atoms with Crippen LogP contribution in [0.4, 0.5) is 0 Å². The van der Waals surface area contributed by atoms with Crippen molar-refractivity contribution in [2.75, 3.05) is 26.2 Å². The summed E-state index contributed by atoms with van der Waals surface area (Å²) in [5.74, 6) is 0.274. The molecule has 19 heavy (non-hydrogen) atoms. The zero-order valence-corrected chi connectivity index (χ0v) is 11.4. The Morgan fingerprint density at radius 1 is 1.16 bits per heavy atom. The highest BCUT2D eigenvalue weighted by Gasteiger charge is 2.13. The fraction of sp³-hybridized carbons (Fsp3) is 0.429. The summed E-state index contributed by atoms with van der Waals surface area (Å²) in [7, 11) is 0. The van der Waals surface area contributed by atoms with Gasteiger partial charge in [-0.3, -0.25) is 14.5 Å². The van der Waals surface area contributed by atoms with Crippen molar-refractivity contribution in [2.45, 2.75) is 13.8 Å². The molecular formula is C14H20N2O3. The number of nitrogens with two attached hydrogens (primary N) is 1. The number of carbonyl (C=O) groups is 2. The smallest absolute Gasteiger partial charge is 0.231 e. The second kappa shape index (κ2) is 7.53. The summed E-state index contributed by atoms with van der Waals surface area (Å²) < 4.78 is 5.31. The number of primary amides is 1. The molecule has 0 saturated carbocycles. The van der Waals surface area contributed by atoms with Gasteiger partial charge in [-0.05, 0) is 37.7 Å². The van der Waals surface area contributed by atoms with E-state index in [9.17, 15) is 9.59 Å². The van der Waals surface area contributed by atoms with Crippen LogP contribution in [0.3, 0.4) is 0 Å². The van der Waals surface area contributed by atoms with Crippen molar-refractivity contribution < 1.29 is 14.3 Å². The van der Waals surface area contributed by atoms with E-state index in [2.05, 4.69) is 0 Å². The van der Waals surface area contributed by atoms with Gasteiger partial charge in [0.05, 0.1) is 19.7 Å². The summed E-state index contributed by atoms with van der Waals surface area (Å²) in [5.41, 5.74) is 5.73. The Morgan fingerprint density at radius 3 is 2.26 bits per heavy atom. The maximum Gasteiger partial charge on any atom is 0.231 e. The van der Waals surface area contributed by atoms with E-state index in [1.807, 2.05) is 13.8 Å². The molecule has 0 aliphatic heterocycles. The molecule has 0 radical (unpaired) electrons. The number of likely N-dealkylation sites (N-methyl/N-ethyl adjacent to an activating group) is 1. The van der Waals surface area contributed by atoms with Crippen molar-refractivity contribution in [3.8, 4) is 5.75 Å². The van der Waals surface area contributed by atoms with Crippen LogP contribution in [0.25, 0.3) is 0 Å². The number of hydrogen-bond donors (Lipinski definition) is 1. The van der Waals surface area contributed by atoms with Crippen LogP contribution in [0.2, 0.25) is 0 Å². The molecular weight excluding hydrogens is 244 g/mol. The quantitative estimate of drug-likeness (QED) is 0.713. The summed E-state index contributed by atoms with van der Waals surface area (Å²) in [6.07, 6.45) is 0. The largest absolute Gasteiger partial charge is 0.494 e. The zero-order chi connectivity index (χ0) is 14.3. The summed E-state index contributed by atoms with van der Waals surface area (Å²) in [5, 5.41) is 0. The summed E-state index contributed by atoms with van der Waals surface area (Å²) in [4.78, 5) is 24.6. The van der Waals surface area contributed by atoms with Crippen LogP contribution in [-0.2, 0) is 4.79 Å². The predicted octanol–water partition coefficient (Wildman–Crippen LogP) is 1.08. The third kappa shape index (κ3) is 5.09. The van der Waals surface area contributed by atoms with Gasteiger partial charge in [-0.25, -0.2) is 0 Å². The van der Waals surface area contributed by atoms with E-state index in [1.54, 1.807) is 29.2 Å². The Hall–Kier alpha value is -1.88. The van der Waals surface area contributed by atoms with E-state index in [-0.39, 0.29) is 18.9 Å². The van der Waals surface area contributed by atoms with E-state index in [1.165, 1.54) is 0 Å². The number of nitrogens with zero attached hydrogens (tertiary/aromatic N) is 1. The van der Waals surface area contributed by atoms with Crippen molar-refractivity contribution in [1.29, 1.82) is 0 Å². The molecule has 0 aliphatic carbocycles. The molecule has 2 N–H and O–H groups in total. The molecule has 0 atom stereocenters. The van der Waals surface area contributed by atoms with Crippen LogP contribution < -0.4 is 10.5 Å². The van der Waals surface area contributed by atoms with Gasteiger partial charge in [-0.2, -0.15) is 0 Å². The normalized spacial score (nSPS) is 10.5. The monoisotopic (exact) mass is 264 g/mol. The lowest BCUT2D eigenvalue weighted by Crippen LogP contribution is -2.37. The topological polar surface area (TPSA) is 72.6 Å². The van der Waals surface area contributed by atoms with Crippen molar-refractivity contribution in [3.63, 3.8) is 0 Å². The molecule has 104 valence electrons. The SMILES string of the molecule is CCOc1ccc(C(=O)CN(CC)CC(N)=O)cc1. The van der Waals surface area contributed by atoms with Crippen LogP contribution in [0.1, 0.15) is 24.2 Å². The average Bonchev–Trinajstić information content (AvgIpc) is 2.38. The molecule has 1 amide bonds. The number of rotatable bonds is 8. The molecule has 1 aromatic rings. The summed E-state index contributed by atoms with van der Waals surface area (Å²) in [6, 6.07) is 6.99. The molecule has 0 saturated heterocycles. The van der Waals surface area contributed by atoms with Gasteiger partial charge < -0.3 is 10.5 Å². The standard InChI is InChI=1S/C14H20N2O3/c1-3-16(10-14(15)18)9-13(17)11-5-7-12(8-6-11)19-4-2/h5-8H,3-4,9-10H2,1-2H3,(H2,15,18). The summed E-state index contributed by atoms with van der Waals surface area (Å²) in [6.45, 7) is 5.27. The second-order valence-electron chi connectivity index (χ2n) is 4.15. The number of benzene rings is 1. The first-order valence-corrected chi connectivity index (χ1v) is 6.33. The maximum atomic E-state index is 12.0. The Bertz CT molecular complexity index is 429. The third-order valence-corrected chi connectivity index (χ3v) is 2.68. The number of Topliss-reactive ketones (excluding diaryl/α,β-unsaturated/α-hetero) is 1. The first-order valence-electron chi connectivity index (χ1n) is 6.33. The van der Waals surface area contributed by atoms with Gasteiger partial charge in [-0.15, -0.1) is 0 Å². The van der Waals surface area contributed by atoms with E-state index in [4.69, 9.17) is 10.5 Å². The van der Waals surface area contributed by atoms with Gasteiger partial charge >= 0.3 is 0 Å². The van der Waals surface area contributed by atoms with Crippen LogP contribution in [0, 0.1) is 0 Å².